The van der Waals surface area contributed by atoms with Gasteiger partial charge < -0.3 is 0 Å². The molecule has 0 spiro atoms. The Morgan fingerprint density at radius 2 is 0.895 bits per heavy atom. The quantitative estimate of drug-likeness (QED) is 0.166. The average molecular weight is 539 g/mol. The van der Waals surface area contributed by atoms with E-state index in [9.17, 15) is 0 Å². The van der Waals surface area contributed by atoms with E-state index in [-0.39, 0.29) is 0 Å². The predicted molar refractivity (Wildman–Crippen MR) is 177 cm³/mol. The van der Waals surface area contributed by atoms with Crippen molar-refractivity contribution in [3.05, 3.63) is 59.7 Å². The molecule has 3 aromatic carbocycles. The van der Waals surface area contributed by atoms with Gasteiger partial charge in [-0.3, -0.25) is 0 Å². The van der Waals surface area contributed by atoms with Gasteiger partial charge in [0.1, 0.15) is 16.1 Å². The van der Waals surface area contributed by atoms with Crippen LogP contribution in [0.3, 0.4) is 0 Å². The van der Waals surface area contributed by atoms with E-state index < -0.39 is 16.1 Å². The number of hydrogen-bond acceptors (Lipinski definition) is 0. The Morgan fingerprint density at radius 1 is 0.474 bits per heavy atom. The lowest BCUT2D eigenvalue weighted by atomic mass is 9.96. The van der Waals surface area contributed by atoms with Crippen molar-refractivity contribution in [3.8, 4) is 22.9 Å². The zero-order valence-electron chi connectivity index (χ0n) is 26.1. The maximum atomic E-state index is 4.03. The maximum absolute atomic E-state index is 4.03. The molecule has 0 heterocycles. The monoisotopic (exact) mass is 538 g/mol. The summed E-state index contributed by atoms with van der Waals surface area (Å²) in [6.07, 6.45) is 0. The van der Waals surface area contributed by atoms with Crippen LogP contribution >= 0.6 is 0 Å². The summed E-state index contributed by atoms with van der Waals surface area (Å²) in [5, 5.41) is 5.04. The van der Waals surface area contributed by atoms with Crippen molar-refractivity contribution in [1.29, 1.82) is 0 Å². The fourth-order valence-electron chi connectivity index (χ4n) is 7.47. The van der Waals surface area contributed by atoms with Crippen LogP contribution in [0.25, 0.3) is 21.5 Å². The molecule has 0 amide bonds. The van der Waals surface area contributed by atoms with Gasteiger partial charge in [-0.15, -0.1) is 11.1 Å². The van der Waals surface area contributed by atoms with Gasteiger partial charge in [-0.05, 0) is 73.0 Å². The van der Waals surface area contributed by atoms with E-state index in [4.69, 9.17) is 0 Å². The molecule has 0 aliphatic carbocycles. The van der Waals surface area contributed by atoms with Crippen LogP contribution < -0.4 is 0 Å². The zero-order valence-corrected chi connectivity index (χ0v) is 28.1. The second-order valence-electron chi connectivity index (χ2n) is 13.2. The molecule has 3 rings (SSSR count). The topological polar surface area (TPSA) is 0 Å². The van der Waals surface area contributed by atoms with Crippen LogP contribution in [-0.4, -0.2) is 16.1 Å². The fourth-order valence-corrected chi connectivity index (χ4v) is 17.9. The van der Waals surface area contributed by atoms with Crippen LogP contribution in [0.15, 0.2) is 48.5 Å². The van der Waals surface area contributed by atoms with Crippen molar-refractivity contribution in [2.75, 3.05) is 0 Å². The van der Waals surface area contributed by atoms with Crippen molar-refractivity contribution in [1.82, 2.24) is 0 Å². The van der Waals surface area contributed by atoms with Crippen molar-refractivity contribution in [3.63, 3.8) is 0 Å². The minimum Gasteiger partial charge on any atom is -0.125 e. The lowest BCUT2D eigenvalue weighted by molar-refractivity contribution is 0.838. The molecule has 2 heteroatoms. The van der Waals surface area contributed by atoms with Gasteiger partial charge in [0.15, 0.2) is 0 Å². The molecule has 0 fully saturated rings. The van der Waals surface area contributed by atoms with E-state index in [0.29, 0.717) is 33.2 Å². The van der Waals surface area contributed by atoms with E-state index >= 15 is 0 Å². The summed E-state index contributed by atoms with van der Waals surface area (Å²) in [6, 6.07) is 17.9. The summed E-state index contributed by atoms with van der Waals surface area (Å²) in [5.41, 5.74) is 13.9. The van der Waals surface area contributed by atoms with Crippen molar-refractivity contribution < 1.29 is 0 Å². The molecule has 0 radical (unpaired) electrons. The van der Waals surface area contributed by atoms with Crippen LogP contribution in [0.2, 0.25) is 33.2 Å². The predicted octanol–water partition coefficient (Wildman–Crippen LogP) is 11.1. The largest absolute Gasteiger partial charge is 0.146 e. The second-order valence-corrected chi connectivity index (χ2v) is 24.4. The molecule has 0 saturated heterocycles. The van der Waals surface area contributed by atoms with Gasteiger partial charge in [0.05, 0.1) is 0 Å². The third-order valence-corrected chi connectivity index (χ3v) is 22.0. The lowest BCUT2D eigenvalue weighted by Gasteiger charge is -2.38. The first kappa shape index (κ1) is 30.3. The highest BCUT2D eigenvalue weighted by atomic mass is 28.3. The smallest absolute Gasteiger partial charge is 0.125 e. The molecular formula is C36H50Si2. The summed E-state index contributed by atoms with van der Waals surface area (Å²) < 4.78 is 0. The van der Waals surface area contributed by atoms with E-state index in [1.165, 1.54) is 21.5 Å². The molecule has 0 nitrogen and oxygen atoms in total. The van der Waals surface area contributed by atoms with Crippen LogP contribution in [0, 0.1) is 22.9 Å². The minimum absolute atomic E-state index is 0.600. The summed E-state index contributed by atoms with van der Waals surface area (Å²) in [7, 11) is -3.75. The summed E-state index contributed by atoms with van der Waals surface area (Å²) in [6.45, 7) is 28.7. The Morgan fingerprint density at radius 3 is 1.34 bits per heavy atom. The zero-order chi connectivity index (χ0) is 28.4. The molecule has 3 aromatic rings. The van der Waals surface area contributed by atoms with Crippen LogP contribution in [-0.2, 0) is 0 Å². The highest BCUT2D eigenvalue weighted by Crippen LogP contribution is 2.42. The van der Waals surface area contributed by atoms with E-state index in [1.807, 2.05) is 0 Å². The first-order chi connectivity index (χ1) is 17.8. The normalized spacial score (nSPS) is 12.7. The Labute approximate surface area is 236 Å². The molecule has 202 valence electrons. The lowest BCUT2D eigenvalue weighted by Crippen LogP contribution is -2.43. The first-order valence-electron chi connectivity index (χ1n) is 14.8. The SMILES string of the molecule is CC(C)[Si](C#Cc1ccc2cc3ccccc3cc2c1C#C[Si](C(C)C)(C(C)C)C(C)C)(C(C)C)C(C)C. The average Bonchev–Trinajstić information content (AvgIpc) is 2.82. The van der Waals surface area contributed by atoms with Crippen LogP contribution in [0.4, 0.5) is 0 Å². The molecule has 0 N–H and O–H groups in total. The fraction of sp³-hybridized carbons (Fsp3) is 0.500. The highest BCUT2D eigenvalue weighted by molar-refractivity contribution is 6.91. The summed E-state index contributed by atoms with van der Waals surface area (Å²) in [5.74, 6) is 7.64. The third-order valence-electron chi connectivity index (χ3n) is 9.44. The molecule has 0 aromatic heterocycles. The van der Waals surface area contributed by atoms with Gasteiger partial charge in [-0.1, -0.05) is 125 Å². The van der Waals surface area contributed by atoms with E-state index in [2.05, 4.69) is 155 Å². The van der Waals surface area contributed by atoms with Crippen LogP contribution in [0.1, 0.15) is 94.2 Å². The van der Waals surface area contributed by atoms with Crippen molar-refractivity contribution in [2.45, 2.75) is 116 Å². The summed E-state index contributed by atoms with van der Waals surface area (Å²) >= 11 is 0. The van der Waals surface area contributed by atoms with Crippen molar-refractivity contribution in [2.24, 2.45) is 0 Å². The van der Waals surface area contributed by atoms with Gasteiger partial charge in [-0.25, -0.2) is 0 Å². The van der Waals surface area contributed by atoms with Gasteiger partial charge >= 0.3 is 0 Å². The molecule has 0 aliphatic rings. The number of fused-ring (bicyclic) bond motifs is 2. The maximum Gasteiger partial charge on any atom is 0.146 e. The van der Waals surface area contributed by atoms with Gasteiger partial charge in [0, 0.05) is 11.1 Å². The molecule has 0 saturated carbocycles. The number of benzene rings is 3. The van der Waals surface area contributed by atoms with Crippen LogP contribution in [0.5, 0.6) is 0 Å². The molecular weight excluding hydrogens is 489 g/mol. The molecule has 0 unspecified atom stereocenters. The Bertz CT molecular complexity index is 1350. The Kier molecular flexibility index (Phi) is 9.45. The van der Waals surface area contributed by atoms with Crippen molar-refractivity contribution >= 4 is 37.7 Å². The van der Waals surface area contributed by atoms with Gasteiger partial charge in [0.2, 0.25) is 0 Å². The third kappa shape index (κ3) is 5.41. The second kappa shape index (κ2) is 11.9. The number of rotatable bonds is 6. The molecule has 38 heavy (non-hydrogen) atoms. The van der Waals surface area contributed by atoms with E-state index in [0.717, 1.165) is 11.1 Å². The Hall–Kier alpha value is -2.27. The standard InChI is InChI=1S/C36H50Si2/c1-25(2)37(26(3)4,27(5)6)21-19-31-17-18-34-23-32-15-13-14-16-33(32)24-36(34)35(31)20-22-38(28(7)8,29(9)10)30(11)12/h13-18,23-30H,1-12H3. The molecule has 0 bridgehead atoms. The van der Waals surface area contributed by atoms with Gasteiger partial charge in [0.25, 0.3) is 0 Å². The van der Waals surface area contributed by atoms with Gasteiger partial charge in [-0.2, -0.15) is 0 Å². The molecule has 0 aliphatic heterocycles. The highest BCUT2D eigenvalue weighted by Gasteiger charge is 2.42. The number of hydrogen-bond donors (Lipinski definition) is 0. The Balaban J connectivity index is 2.42. The minimum atomic E-state index is -1.89. The first-order valence-corrected chi connectivity index (χ1v) is 19.3. The van der Waals surface area contributed by atoms with E-state index in [1.54, 1.807) is 0 Å². The molecule has 0 atom stereocenters. The summed E-state index contributed by atoms with van der Waals surface area (Å²) in [4.78, 5) is 0.